The van der Waals surface area contributed by atoms with Crippen molar-refractivity contribution in [1.29, 1.82) is 0 Å². The standard InChI is InChI=1S/C9H12N2O/c1-10-9(7-12)6-8-2-4-11-5-3-8/h2-5,7,9-10H,6H2,1H3/t9-/m1/s1. The third-order valence-corrected chi connectivity index (χ3v) is 1.74. The highest BCUT2D eigenvalue weighted by atomic mass is 16.1. The van der Waals surface area contributed by atoms with Crippen LogP contribution in [0, 0.1) is 0 Å². The van der Waals surface area contributed by atoms with Gasteiger partial charge in [0.15, 0.2) is 0 Å². The van der Waals surface area contributed by atoms with Crippen LogP contribution in [0.1, 0.15) is 5.56 Å². The van der Waals surface area contributed by atoms with Gasteiger partial charge in [-0.2, -0.15) is 0 Å². The third kappa shape index (κ3) is 2.43. The summed E-state index contributed by atoms with van der Waals surface area (Å²) in [5.41, 5.74) is 1.12. The molecule has 1 rings (SSSR count). The molecule has 1 aromatic heterocycles. The molecule has 0 aromatic carbocycles. The molecule has 0 amide bonds. The summed E-state index contributed by atoms with van der Waals surface area (Å²) in [6.07, 6.45) is 5.10. The van der Waals surface area contributed by atoms with Gasteiger partial charge >= 0.3 is 0 Å². The molecule has 1 heterocycles. The predicted molar refractivity (Wildman–Crippen MR) is 46.9 cm³/mol. The van der Waals surface area contributed by atoms with E-state index in [4.69, 9.17) is 0 Å². The van der Waals surface area contributed by atoms with Gasteiger partial charge in [-0.3, -0.25) is 4.98 Å². The average molecular weight is 164 g/mol. The molecule has 0 unspecified atom stereocenters. The number of aldehydes is 1. The number of rotatable bonds is 4. The number of aromatic nitrogens is 1. The zero-order valence-corrected chi connectivity index (χ0v) is 7.03. The second kappa shape index (κ2) is 4.62. The van der Waals surface area contributed by atoms with Gasteiger partial charge in [0.05, 0.1) is 6.04 Å². The Morgan fingerprint density at radius 1 is 1.58 bits per heavy atom. The van der Waals surface area contributed by atoms with Gasteiger partial charge in [0.2, 0.25) is 0 Å². The first-order valence-electron chi connectivity index (χ1n) is 3.88. The zero-order chi connectivity index (χ0) is 8.81. The second-order valence-electron chi connectivity index (χ2n) is 2.59. The van der Waals surface area contributed by atoms with E-state index < -0.39 is 0 Å². The first-order chi connectivity index (χ1) is 5.86. The minimum Gasteiger partial charge on any atom is -0.311 e. The largest absolute Gasteiger partial charge is 0.311 e. The van der Waals surface area contributed by atoms with Crippen LogP contribution < -0.4 is 5.32 Å². The van der Waals surface area contributed by atoms with E-state index in [0.29, 0.717) is 0 Å². The van der Waals surface area contributed by atoms with Gasteiger partial charge in [0.1, 0.15) is 6.29 Å². The van der Waals surface area contributed by atoms with E-state index in [0.717, 1.165) is 18.3 Å². The molecule has 0 aliphatic heterocycles. The summed E-state index contributed by atoms with van der Waals surface area (Å²) in [6.45, 7) is 0. The Labute approximate surface area is 71.8 Å². The quantitative estimate of drug-likeness (QED) is 0.655. The lowest BCUT2D eigenvalue weighted by molar-refractivity contribution is -0.109. The van der Waals surface area contributed by atoms with Crippen molar-refractivity contribution in [2.45, 2.75) is 12.5 Å². The molecule has 0 aliphatic rings. The van der Waals surface area contributed by atoms with Crippen molar-refractivity contribution < 1.29 is 4.79 Å². The lowest BCUT2D eigenvalue weighted by atomic mass is 10.1. The van der Waals surface area contributed by atoms with Crippen LogP contribution in [-0.4, -0.2) is 24.4 Å². The Balaban J connectivity index is 2.56. The van der Waals surface area contributed by atoms with Gasteiger partial charge in [-0.05, 0) is 31.2 Å². The van der Waals surface area contributed by atoms with Crippen molar-refractivity contribution >= 4 is 6.29 Å². The SMILES string of the molecule is CN[C@@H](C=O)Cc1ccncc1. The molecule has 3 nitrogen and oxygen atoms in total. The van der Waals surface area contributed by atoms with Crippen LogP contribution in [0.4, 0.5) is 0 Å². The van der Waals surface area contributed by atoms with Crippen LogP contribution in [0.5, 0.6) is 0 Å². The molecule has 3 heteroatoms. The molecule has 0 fully saturated rings. The van der Waals surface area contributed by atoms with Crippen LogP contribution in [-0.2, 0) is 11.2 Å². The van der Waals surface area contributed by atoms with Crippen molar-refractivity contribution in [2.75, 3.05) is 7.05 Å². The molecule has 64 valence electrons. The van der Waals surface area contributed by atoms with Crippen LogP contribution in [0.3, 0.4) is 0 Å². The molecule has 12 heavy (non-hydrogen) atoms. The maximum absolute atomic E-state index is 10.5. The lowest BCUT2D eigenvalue weighted by Crippen LogP contribution is -2.28. The van der Waals surface area contributed by atoms with Crippen molar-refractivity contribution in [1.82, 2.24) is 10.3 Å². The summed E-state index contributed by atoms with van der Waals surface area (Å²) in [6, 6.07) is 3.73. The first-order valence-corrected chi connectivity index (χ1v) is 3.88. The first kappa shape index (κ1) is 8.87. The van der Waals surface area contributed by atoms with Crippen molar-refractivity contribution in [3.63, 3.8) is 0 Å². The van der Waals surface area contributed by atoms with Gasteiger partial charge in [0, 0.05) is 12.4 Å². The number of hydrogen-bond acceptors (Lipinski definition) is 3. The summed E-state index contributed by atoms with van der Waals surface area (Å²) >= 11 is 0. The fraction of sp³-hybridized carbons (Fsp3) is 0.333. The van der Waals surface area contributed by atoms with E-state index >= 15 is 0 Å². The summed E-state index contributed by atoms with van der Waals surface area (Å²) in [5, 5.41) is 2.91. The zero-order valence-electron chi connectivity index (χ0n) is 7.03. The molecule has 1 aromatic rings. The average Bonchev–Trinajstić information content (AvgIpc) is 2.16. The van der Waals surface area contributed by atoms with Gasteiger partial charge in [-0.1, -0.05) is 0 Å². The number of hydrogen-bond donors (Lipinski definition) is 1. The Morgan fingerprint density at radius 3 is 2.75 bits per heavy atom. The normalized spacial score (nSPS) is 12.4. The fourth-order valence-electron chi connectivity index (χ4n) is 0.991. The second-order valence-corrected chi connectivity index (χ2v) is 2.59. The van der Waals surface area contributed by atoms with E-state index in [-0.39, 0.29) is 6.04 Å². The molecule has 0 saturated heterocycles. The highest BCUT2D eigenvalue weighted by Crippen LogP contribution is 1.99. The smallest absolute Gasteiger partial charge is 0.137 e. The number of carbonyl (C=O) groups is 1. The van der Waals surface area contributed by atoms with Crippen LogP contribution in [0.15, 0.2) is 24.5 Å². The summed E-state index contributed by atoms with van der Waals surface area (Å²) in [4.78, 5) is 14.4. The van der Waals surface area contributed by atoms with Crippen molar-refractivity contribution in [3.8, 4) is 0 Å². The molecule has 0 bridgehead atoms. The Hall–Kier alpha value is -1.22. The van der Waals surface area contributed by atoms with E-state index in [9.17, 15) is 4.79 Å². The van der Waals surface area contributed by atoms with E-state index in [1.165, 1.54) is 0 Å². The molecule has 1 N–H and O–H groups in total. The Kier molecular flexibility index (Phi) is 3.41. The topological polar surface area (TPSA) is 42.0 Å². The predicted octanol–water partition coefficient (Wildman–Crippen LogP) is 0.411. The van der Waals surface area contributed by atoms with Crippen molar-refractivity contribution in [2.24, 2.45) is 0 Å². The lowest BCUT2D eigenvalue weighted by Gasteiger charge is -2.07. The van der Waals surface area contributed by atoms with Crippen molar-refractivity contribution in [3.05, 3.63) is 30.1 Å². The molecule has 0 radical (unpaired) electrons. The van der Waals surface area contributed by atoms with E-state index in [1.807, 2.05) is 12.1 Å². The third-order valence-electron chi connectivity index (χ3n) is 1.74. The summed E-state index contributed by atoms with van der Waals surface area (Å²) < 4.78 is 0. The number of carbonyl (C=O) groups excluding carboxylic acids is 1. The molecule has 0 spiro atoms. The minimum absolute atomic E-state index is 0.0904. The number of pyridine rings is 1. The molecule has 0 aliphatic carbocycles. The number of likely N-dealkylation sites (N-methyl/N-ethyl adjacent to an activating group) is 1. The Morgan fingerprint density at radius 2 is 2.25 bits per heavy atom. The van der Waals surface area contributed by atoms with Gasteiger partial charge in [-0.15, -0.1) is 0 Å². The number of nitrogens with one attached hydrogen (secondary N) is 1. The summed E-state index contributed by atoms with van der Waals surface area (Å²) in [5.74, 6) is 0. The van der Waals surface area contributed by atoms with E-state index in [2.05, 4.69) is 10.3 Å². The molecule has 0 saturated carbocycles. The maximum atomic E-state index is 10.5. The molecule has 1 atom stereocenters. The fourth-order valence-corrected chi connectivity index (χ4v) is 0.991. The monoisotopic (exact) mass is 164 g/mol. The van der Waals surface area contributed by atoms with Gasteiger partial charge in [-0.25, -0.2) is 0 Å². The molecular weight excluding hydrogens is 152 g/mol. The Bertz CT molecular complexity index is 236. The van der Waals surface area contributed by atoms with Gasteiger partial charge in [0.25, 0.3) is 0 Å². The van der Waals surface area contributed by atoms with Crippen LogP contribution in [0.2, 0.25) is 0 Å². The summed E-state index contributed by atoms with van der Waals surface area (Å²) in [7, 11) is 1.78. The van der Waals surface area contributed by atoms with E-state index in [1.54, 1.807) is 19.4 Å². The highest BCUT2D eigenvalue weighted by molar-refractivity contribution is 5.58. The van der Waals surface area contributed by atoms with Gasteiger partial charge < -0.3 is 10.1 Å². The van der Waals surface area contributed by atoms with Crippen LogP contribution >= 0.6 is 0 Å². The maximum Gasteiger partial charge on any atom is 0.137 e. The highest BCUT2D eigenvalue weighted by Gasteiger charge is 2.03. The minimum atomic E-state index is -0.0904. The molecular formula is C9H12N2O. The van der Waals surface area contributed by atoms with Crippen LogP contribution in [0.25, 0.3) is 0 Å². The number of nitrogens with zero attached hydrogens (tertiary/aromatic N) is 1.